The van der Waals surface area contributed by atoms with Crippen molar-refractivity contribution < 1.29 is 4.39 Å². The molecule has 0 bridgehead atoms. The number of halogens is 1. The van der Waals surface area contributed by atoms with Crippen molar-refractivity contribution in [2.45, 2.75) is 25.9 Å². The molecule has 0 spiro atoms. The van der Waals surface area contributed by atoms with Crippen molar-refractivity contribution in [1.82, 2.24) is 9.55 Å². The van der Waals surface area contributed by atoms with Crippen LogP contribution in [-0.4, -0.2) is 9.55 Å². The lowest BCUT2D eigenvalue weighted by Gasteiger charge is -2.10. The Bertz CT molecular complexity index is 491. The van der Waals surface area contributed by atoms with E-state index in [9.17, 15) is 4.39 Å². The Morgan fingerprint density at radius 3 is 2.88 bits per heavy atom. The number of benzene rings is 1. The summed E-state index contributed by atoms with van der Waals surface area (Å²) in [7, 11) is 0. The Balaban J connectivity index is 2.08. The summed E-state index contributed by atoms with van der Waals surface area (Å²) < 4.78 is 15.4. The van der Waals surface area contributed by atoms with Gasteiger partial charge in [0.1, 0.15) is 5.82 Å². The number of imidazole rings is 1. The first-order chi connectivity index (χ1) is 8.18. The fraction of sp³-hybridized carbons (Fsp3) is 0.308. The van der Waals surface area contributed by atoms with E-state index in [1.165, 1.54) is 6.07 Å². The van der Waals surface area contributed by atoms with E-state index in [0.29, 0.717) is 13.0 Å². The predicted molar refractivity (Wildman–Crippen MR) is 64.9 cm³/mol. The van der Waals surface area contributed by atoms with E-state index in [-0.39, 0.29) is 11.9 Å². The third-order valence-corrected chi connectivity index (χ3v) is 2.79. The van der Waals surface area contributed by atoms with Gasteiger partial charge in [0.05, 0.1) is 12.0 Å². The van der Waals surface area contributed by atoms with Crippen LogP contribution in [0.5, 0.6) is 0 Å². The van der Waals surface area contributed by atoms with Gasteiger partial charge in [-0.25, -0.2) is 9.37 Å². The van der Waals surface area contributed by atoms with E-state index >= 15 is 0 Å². The minimum absolute atomic E-state index is 0.0573. The van der Waals surface area contributed by atoms with Gasteiger partial charge in [0.15, 0.2) is 0 Å². The molecule has 1 aromatic heterocycles. The topological polar surface area (TPSA) is 43.8 Å². The summed E-state index contributed by atoms with van der Waals surface area (Å²) in [6.07, 6.45) is 4.13. The second-order valence-electron chi connectivity index (χ2n) is 4.14. The molecule has 90 valence electrons. The fourth-order valence-electron chi connectivity index (χ4n) is 1.84. The molecule has 2 rings (SSSR count). The maximum Gasteiger partial charge on any atom is 0.126 e. The number of aromatic nitrogens is 2. The zero-order valence-electron chi connectivity index (χ0n) is 9.81. The molecule has 0 unspecified atom stereocenters. The molecule has 0 aliphatic heterocycles. The van der Waals surface area contributed by atoms with Crippen molar-refractivity contribution in [3.05, 3.63) is 53.9 Å². The van der Waals surface area contributed by atoms with E-state index in [1.807, 2.05) is 17.6 Å². The van der Waals surface area contributed by atoms with Gasteiger partial charge in [0.25, 0.3) is 0 Å². The van der Waals surface area contributed by atoms with Gasteiger partial charge in [0, 0.05) is 18.8 Å². The molecule has 0 fully saturated rings. The molecule has 1 atom stereocenters. The molecule has 2 N–H and O–H groups in total. The molecular weight excluding hydrogens is 217 g/mol. The van der Waals surface area contributed by atoms with Crippen molar-refractivity contribution in [3.63, 3.8) is 0 Å². The van der Waals surface area contributed by atoms with Crippen LogP contribution in [0, 0.1) is 5.82 Å². The van der Waals surface area contributed by atoms with Crippen LogP contribution in [0.15, 0.2) is 36.8 Å². The maximum absolute atomic E-state index is 13.4. The first kappa shape index (κ1) is 11.8. The van der Waals surface area contributed by atoms with Crippen molar-refractivity contribution >= 4 is 0 Å². The highest BCUT2D eigenvalue weighted by molar-refractivity contribution is 5.17. The minimum atomic E-state index is -0.157. The largest absolute Gasteiger partial charge is 0.333 e. The van der Waals surface area contributed by atoms with Gasteiger partial charge in [0.2, 0.25) is 0 Å². The number of nitrogens with zero attached hydrogens (tertiary/aromatic N) is 2. The van der Waals surface area contributed by atoms with E-state index in [0.717, 1.165) is 11.3 Å². The van der Waals surface area contributed by atoms with Crippen molar-refractivity contribution in [2.75, 3.05) is 0 Å². The van der Waals surface area contributed by atoms with Gasteiger partial charge < -0.3 is 10.3 Å². The van der Waals surface area contributed by atoms with E-state index in [1.54, 1.807) is 24.7 Å². The summed E-state index contributed by atoms with van der Waals surface area (Å²) >= 11 is 0. The van der Waals surface area contributed by atoms with Gasteiger partial charge in [-0.15, -0.1) is 0 Å². The molecular formula is C13H16FN3. The first-order valence-electron chi connectivity index (χ1n) is 5.67. The smallest absolute Gasteiger partial charge is 0.126 e. The van der Waals surface area contributed by atoms with Gasteiger partial charge in [-0.05, 0) is 25.0 Å². The fourth-order valence-corrected chi connectivity index (χ4v) is 1.84. The van der Waals surface area contributed by atoms with Crippen LogP contribution in [0.1, 0.15) is 24.2 Å². The second-order valence-corrected chi connectivity index (χ2v) is 4.14. The van der Waals surface area contributed by atoms with Gasteiger partial charge in [-0.3, -0.25) is 0 Å². The zero-order chi connectivity index (χ0) is 12.3. The molecule has 1 aromatic carbocycles. The molecule has 0 saturated carbocycles. The third-order valence-electron chi connectivity index (χ3n) is 2.79. The average molecular weight is 233 g/mol. The predicted octanol–water partition coefficient (Wildman–Crippen LogP) is 2.28. The highest BCUT2D eigenvalue weighted by Gasteiger charge is 2.07. The third kappa shape index (κ3) is 2.71. The van der Waals surface area contributed by atoms with Crippen LogP contribution in [-0.2, 0) is 13.0 Å². The first-order valence-corrected chi connectivity index (χ1v) is 5.67. The van der Waals surface area contributed by atoms with Crippen LogP contribution < -0.4 is 5.73 Å². The average Bonchev–Trinajstić information content (AvgIpc) is 2.76. The lowest BCUT2D eigenvalue weighted by Crippen LogP contribution is -2.13. The van der Waals surface area contributed by atoms with Gasteiger partial charge >= 0.3 is 0 Å². The van der Waals surface area contributed by atoms with Crippen LogP contribution in [0.25, 0.3) is 0 Å². The second kappa shape index (κ2) is 5.10. The highest BCUT2D eigenvalue weighted by Crippen LogP contribution is 2.12. The summed E-state index contributed by atoms with van der Waals surface area (Å²) in [5, 5.41) is 0. The van der Waals surface area contributed by atoms with E-state index < -0.39 is 0 Å². The van der Waals surface area contributed by atoms with Crippen molar-refractivity contribution in [1.29, 1.82) is 0 Å². The summed E-state index contributed by atoms with van der Waals surface area (Å²) in [6.45, 7) is 2.61. The summed E-state index contributed by atoms with van der Waals surface area (Å²) in [6, 6.07) is 6.77. The van der Waals surface area contributed by atoms with Crippen LogP contribution in [0.4, 0.5) is 4.39 Å². The highest BCUT2D eigenvalue weighted by atomic mass is 19.1. The number of hydrogen-bond acceptors (Lipinski definition) is 2. The van der Waals surface area contributed by atoms with Crippen LogP contribution in [0.3, 0.4) is 0 Å². The van der Waals surface area contributed by atoms with Gasteiger partial charge in [-0.2, -0.15) is 0 Å². The number of aryl methyl sites for hydroxylation is 2. The van der Waals surface area contributed by atoms with E-state index in [2.05, 4.69) is 4.98 Å². The van der Waals surface area contributed by atoms with Crippen LogP contribution >= 0.6 is 0 Å². The standard InChI is InChI=1S/C13H16FN3/c1-10(15)13-8-16-9-17(13)7-6-11-4-2-3-5-12(11)14/h2-5,8-10H,6-7,15H2,1H3/t10-/m1/s1. The lowest BCUT2D eigenvalue weighted by molar-refractivity contribution is 0.580. The molecule has 2 aromatic rings. The molecule has 0 aliphatic carbocycles. The Kier molecular flexibility index (Phi) is 3.54. The molecule has 4 heteroatoms. The molecule has 0 aliphatic rings. The summed E-state index contributed by atoms with van der Waals surface area (Å²) in [5.41, 5.74) is 7.52. The maximum atomic E-state index is 13.4. The molecule has 17 heavy (non-hydrogen) atoms. The quantitative estimate of drug-likeness (QED) is 0.880. The molecule has 0 saturated heterocycles. The van der Waals surface area contributed by atoms with Gasteiger partial charge in [-0.1, -0.05) is 18.2 Å². The van der Waals surface area contributed by atoms with E-state index in [4.69, 9.17) is 5.73 Å². The Hall–Kier alpha value is -1.68. The minimum Gasteiger partial charge on any atom is -0.333 e. The lowest BCUT2D eigenvalue weighted by atomic mass is 10.1. The van der Waals surface area contributed by atoms with Crippen LogP contribution in [0.2, 0.25) is 0 Å². The summed E-state index contributed by atoms with van der Waals surface area (Å²) in [4.78, 5) is 4.07. The SMILES string of the molecule is C[C@@H](N)c1cncn1CCc1ccccc1F. The monoisotopic (exact) mass is 233 g/mol. The normalized spacial score (nSPS) is 12.6. The van der Waals surface area contributed by atoms with Crippen molar-refractivity contribution in [3.8, 4) is 0 Å². The Labute approximate surface area is 100 Å². The number of rotatable bonds is 4. The Morgan fingerprint density at radius 1 is 1.41 bits per heavy atom. The summed E-state index contributed by atoms with van der Waals surface area (Å²) in [5.74, 6) is -0.157. The zero-order valence-corrected chi connectivity index (χ0v) is 9.81. The van der Waals surface area contributed by atoms with Crippen molar-refractivity contribution in [2.24, 2.45) is 5.73 Å². The molecule has 0 radical (unpaired) electrons. The molecule has 0 amide bonds. The molecule has 1 heterocycles. The molecule has 3 nitrogen and oxygen atoms in total. The number of hydrogen-bond donors (Lipinski definition) is 1. The number of nitrogens with two attached hydrogens (primary N) is 1. The Morgan fingerprint density at radius 2 is 2.18 bits per heavy atom.